The molecule has 1 heterocycles. The van der Waals surface area contributed by atoms with Gasteiger partial charge in [-0.25, -0.2) is 4.79 Å². The zero-order chi connectivity index (χ0) is 13.1. The van der Waals surface area contributed by atoms with Gasteiger partial charge in [0.15, 0.2) is 0 Å². The molecule has 0 saturated heterocycles. The molecule has 0 spiro atoms. The SMILES string of the molecule is CCC1CCCCC1OC(=O)c1cc(N)c(C)s1. The Morgan fingerprint density at radius 2 is 2.22 bits per heavy atom. The van der Waals surface area contributed by atoms with E-state index in [0.29, 0.717) is 16.5 Å². The summed E-state index contributed by atoms with van der Waals surface area (Å²) in [6.45, 7) is 4.09. The quantitative estimate of drug-likeness (QED) is 0.848. The van der Waals surface area contributed by atoms with Crippen molar-refractivity contribution in [1.29, 1.82) is 0 Å². The largest absolute Gasteiger partial charge is 0.458 e. The minimum atomic E-state index is -0.204. The van der Waals surface area contributed by atoms with Crippen molar-refractivity contribution < 1.29 is 9.53 Å². The molecule has 1 aliphatic carbocycles. The molecule has 1 fully saturated rings. The van der Waals surface area contributed by atoms with Gasteiger partial charge in [0.2, 0.25) is 0 Å². The molecule has 0 aliphatic heterocycles. The molecule has 0 amide bonds. The summed E-state index contributed by atoms with van der Waals surface area (Å²) in [5.41, 5.74) is 6.45. The number of nitrogen functional groups attached to an aromatic ring is 1. The third kappa shape index (κ3) is 2.86. The lowest BCUT2D eigenvalue weighted by molar-refractivity contribution is 0.00122. The van der Waals surface area contributed by atoms with Gasteiger partial charge < -0.3 is 10.5 Å². The van der Waals surface area contributed by atoms with Crippen molar-refractivity contribution in [1.82, 2.24) is 0 Å². The number of rotatable bonds is 3. The second-order valence-electron chi connectivity index (χ2n) is 5.02. The van der Waals surface area contributed by atoms with E-state index in [1.54, 1.807) is 6.07 Å². The Morgan fingerprint density at radius 3 is 2.83 bits per heavy atom. The molecule has 2 atom stereocenters. The molecule has 1 saturated carbocycles. The number of nitrogens with two attached hydrogens (primary N) is 1. The third-order valence-electron chi connectivity index (χ3n) is 3.78. The molecule has 0 radical (unpaired) electrons. The van der Waals surface area contributed by atoms with Crippen LogP contribution in [0.5, 0.6) is 0 Å². The van der Waals surface area contributed by atoms with Crippen LogP contribution < -0.4 is 5.73 Å². The van der Waals surface area contributed by atoms with E-state index in [4.69, 9.17) is 10.5 Å². The van der Waals surface area contributed by atoms with E-state index in [9.17, 15) is 4.79 Å². The van der Waals surface area contributed by atoms with Crippen LogP contribution in [0.2, 0.25) is 0 Å². The Bertz CT molecular complexity index is 408. The maximum Gasteiger partial charge on any atom is 0.348 e. The van der Waals surface area contributed by atoms with Crippen LogP contribution in [-0.4, -0.2) is 12.1 Å². The number of hydrogen-bond donors (Lipinski definition) is 1. The fourth-order valence-electron chi connectivity index (χ4n) is 2.59. The van der Waals surface area contributed by atoms with E-state index >= 15 is 0 Å². The molecule has 2 rings (SSSR count). The first-order valence-electron chi connectivity index (χ1n) is 6.68. The van der Waals surface area contributed by atoms with Crippen LogP contribution >= 0.6 is 11.3 Å². The molecule has 0 aromatic carbocycles. The topological polar surface area (TPSA) is 52.3 Å². The molecule has 1 aromatic heterocycles. The number of anilines is 1. The van der Waals surface area contributed by atoms with E-state index in [-0.39, 0.29) is 12.1 Å². The summed E-state index contributed by atoms with van der Waals surface area (Å²) in [5, 5.41) is 0. The Hall–Kier alpha value is -1.03. The highest BCUT2D eigenvalue weighted by Gasteiger charge is 2.27. The first-order valence-corrected chi connectivity index (χ1v) is 7.50. The molecule has 1 aromatic rings. The minimum Gasteiger partial charge on any atom is -0.458 e. The Kier molecular flexibility index (Phi) is 4.27. The fraction of sp³-hybridized carbons (Fsp3) is 0.643. The van der Waals surface area contributed by atoms with Crippen molar-refractivity contribution in [3.63, 3.8) is 0 Å². The lowest BCUT2D eigenvalue weighted by Gasteiger charge is -2.30. The summed E-state index contributed by atoms with van der Waals surface area (Å²) in [6.07, 6.45) is 5.80. The molecule has 18 heavy (non-hydrogen) atoms. The standard InChI is InChI=1S/C14H21NO2S/c1-3-10-6-4-5-7-12(10)17-14(16)13-8-11(15)9(2)18-13/h8,10,12H,3-7,15H2,1-2H3. The zero-order valence-corrected chi connectivity index (χ0v) is 11.9. The molecular formula is C14H21NO2S. The number of hydrogen-bond acceptors (Lipinski definition) is 4. The smallest absolute Gasteiger partial charge is 0.348 e. The van der Waals surface area contributed by atoms with Crippen LogP contribution in [0.1, 0.15) is 53.6 Å². The van der Waals surface area contributed by atoms with Crippen molar-refractivity contribution in [2.24, 2.45) is 5.92 Å². The van der Waals surface area contributed by atoms with Gasteiger partial charge >= 0.3 is 5.97 Å². The van der Waals surface area contributed by atoms with Crippen LogP contribution in [0.25, 0.3) is 0 Å². The highest BCUT2D eigenvalue weighted by molar-refractivity contribution is 7.14. The molecule has 2 unspecified atom stereocenters. The highest BCUT2D eigenvalue weighted by Crippen LogP contribution is 2.31. The zero-order valence-electron chi connectivity index (χ0n) is 11.1. The van der Waals surface area contributed by atoms with Gasteiger partial charge in [0.1, 0.15) is 11.0 Å². The number of aryl methyl sites for hydroxylation is 1. The van der Waals surface area contributed by atoms with Gasteiger partial charge in [-0.2, -0.15) is 0 Å². The summed E-state index contributed by atoms with van der Waals surface area (Å²) in [5.74, 6) is 0.325. The average Bonchev–Trinajstić information content (AvgIpc) is 2.70. The second-order valence-corrected chi connectivity index (χ2v) is 6.28. The predicted octanol–water partition coefficient (Wildman–Crippen LogP) is 3.76. The van der Waals surface area contributed by atoms with Gasteiger partial charge in [-0.1, -0.05) is 13.3 Å². The van der Waals surface area contributed by atoms with E-state index in [0.717, 1.165) is 17.7 Å². The summed E-state index contributed by atoms with van der Waals surface area (Å²) in [7, 11) is 0. The van der Waals surface area contributed by atoms with Crippen molar-refractivity contribution >= 4 is 23.0 Å². The number of thiophene rings is 1. The van der Waals surface area contributed by atoms with Gasteiger partial charge in [0.25, 0.3) is 0 Å². The average molecular weight is 267 g/mol. The highest BCUT2D eigenvalue weighted by atomic mass is 32.1. The maximum atomic E-state index is 12.1. The molecule has 0 bridgehead atoms. The van der Waals surface area contributed by atoms with Gasteiger partial charge in [-0.05, 0) is 44.6 Å². The van der Waals surface area contributed by atoms with Crippen molar-refractivity contribution in [2.75, 3.05) is 5.73 Å². The Balaban J connectivity index is 2.01. The Morgan fingerprint density at radius 1 is 1.50 bits per heavy atom. The van der Waals surface area contributed by atoms with Crippen molar-refractivity contribution in [3.8, 4) is 0 Å². The summed E-state index contributed by atoms with van der Waals surface area (Å²) in [4.78, 5) is 13.7. The van der Waals surface area contributed by atoms with Crippen molar-refractivity contribution in [2.45, 2.75) is 52.1 Å². The molecule has 3 nitrogen and oxygen atoms in total. The number of carbonyl (C=O) groups excluding carboxylic acids is 1. The van der Waals surface area contributed by atoms with Crippen LogP contribution in [-0.2, 0) is 4.74 Å². The molecular weight excluding hydrogens is 246 g/mol. The molecule has 2 N–H and O–H groups in total. The number of carbonyl (C=O) groups is 1. The summed E-state index contributed by atoms with van der Waals surface area (Å²) in [6, 6.07) is 1.73. The minimum absolute atomic E-state index is 0.0971. The number of ether oxygens (including phenoxy) is 1. The third-order valence-corrected chi connectivity index (χ3v) is 4.83. The maximum absolute atomic E-state index is 12.1. The summed E-state index contributed by atoms with van der Waals surface area (Å²) < 4.78 is 5.67. The molecule has 1 aliphatic rings. The van der Waals surface area contributed by atoms with E-state index in [1.165, 1.54) is 30.6 Å². The van der Waals surface area contributed by atoms with E-state index < -0.39 is 0 Å². The lowest BCUT2D eigenvalue weighted by Crippen LogP contribution is -2.29. The first kappa shape index (κ1) is 13.4. The van der Waals surface area contributed by atoms with Gasteiger partial charge in [0, 0.05) is 10.6 Å². The van der Waals surface area contributed by atoms with Crippen LogP contribution in [0.3, 0.4) is 0 Å². The number of esters is 1. The Labute approximate surface area is 112 Å². The van der Waals surface area contributed by atoms with Gasteiger partial charge in [-0.15, -0.1) is 11.3 Å². The van der Waals surface area contributed by atoms with Gasteiger partial charge in [0.05, 0.1) is 0 Å². The van der Waals surface area contributed by atoms with E-state index in [1.807, 2.05) is 6.92 Å². The van der Waals surface area contributed by atoms with Crippen LogP contribution in [0.4, 0.5) is 5.69 Å². The van der Waals surface area contributed by atoms with Gasteiger partial charge in [-0.3, -0.25) is 0 Å². The molecule has 100 valence electrons. The molecule has 4 heteroatoms. The van der Waals surface area contributed by atoms with E-state index in [2.05, 4.69) is 6.92 Å². The normalized spacial score (nSPS) is 23.9. The van der Waals surface area contributed by atoms with Crippen LogP contribution in [0.15, 0.2) is 6.07 Å². The summed E-state index contributed by atoms with van der Waals surface area (Å²) >= 11 is 1.42. The second kappa shape index (κ2) is 5.74. The fourth-order valence-corrected chi connectivity index (χ4v) is 3.41. The van der Waals surface area contributed by atoms with Crippen molar-refractivity contribution in [3.05, 3.63) is 15.8 Å². The van der Waals surface area contributed by atoms with Crippen LogP contribution in [0, 0.1) is 12.8 Å². The lowest BCUT2D eigenvalue weighted by atomic mass is 9.85. The monoisotopic (exact) mass is 267 g/mol. The predicted molar refractivity (Wildman–Crippen MR) is 74.9 cm³/mol. The first-order chi connectivity index (χ1) is 8.61.